The van der Waals surface area contributed by atoms with Crippen LogP contribution in [0.5, 0.6) is 0 Å². The number of nitrogens with one attached hydrogen (secondary N) is 2. The first kappa shape index (κ1) is 20.2. The van der Waals surface area contributed by atoms with Gasteiger partial charge in [0.2, 0.25) is 0 Å². The van der Waals surface area contributed by atoms with Crippen LogP contribution in [0.4, 0.5) is 10.5 Å². The summed E-state index contributed by atoms with van der Waals surface area (Å²) < 4.78 is 5.27. The maximum Gasteiger partial charge on any atom is 0.408 e. The molecule has 0 saturated heterocycles. The third-order valence-corrected chi connectivity index (χ3v) is 3.59. The molecule has 0 aliphatic carbocycles. The average Bonchev–Trinajstić information content (AvgIpc) is 2.59. The minimum Gasteiger partial charge on any atom is -0.444 e. The van der Waals surface area contributed by atoms with Crippen LogP contribution in [0.1, 0.15) is 49.7 Å². The maximum absolute atomic E-state index is 12.8. The molecule has 0 bridgehead atoms. The molecular formula is C21H24N2O4. The highest BCUT2D eigenvalue weighted by Crippen LogP contribution is 2.18. The first-order valence-electron chi connectivity index (χ1n) is 8.62. The lowest BCUT2D eigenvalue weighted by atomic mass is 10.1. The number of carbonyl (C=O) groups excluding carboxylic acids is 3. The number of ketones is 1. The second kappa shape index (κ2) is 8.49. The number of benzene rings is 2. The van der Waals surface area contributed by atoms with E-state index in [0.717, 1.165) is 0 Å². The van der Waals surface area contributed by atoms with Crippen molar-refractivity contribution in [3.8, 4) is 0 Å². The summed E-state index contributed by atoms with van der Waals surface area (Å²) in [4.78, 5) is 36.5. The summed E-state index contributed by atoms with van der Waals surface area (Å²) >= 11 is 0. The normalized spacial score (nSPS) is 12.0. The minimum absolute atomic E-state index is 0.0995. The van der Waals surface area contributed by atoms with Crippen molar-refractivity contribution in [2.45, 2.75) is 39.3 Å². The van der Waals surface area contributed by atoms with Gasteiger partial charge in [-0.05, 0) is 45.4 Å². The molecule has 0 heterocycles. The molecule has 1 atom stereocenters. The van der Waals surface area contributed by atoms with Gasteiger partial charge in [0.25, 0.3) is 5.91 Å². The van der Waals surface area contributed by atoms with E-state index in [2.05, 4.69) is 10.6 Å². The highest BCUT2D eigenvalue weighted by molar-refractivity contribution is 5.99. The van der Waals surface area contributed by atoms with E-state index in [9.17, 15) is 14.4 Å². The number of hydrogen-bond acceptors (Lipinski definition) is 4. The summed E-state index contributed by atoms with van der Waals surface area (Å²) in [5, 5.41) is 5.35. The van der Waals surface area contributed by atoms with Crippen LogP contribution in [-0.4, -0.2) is 23.4 Å². The van der Waals surface area contributed by atoms with Crippen molar-refractivity contribution in [2.75, 3.05) is 5.32 Å². The molecule has 0 aliphatic rings. The Bertz CT molecular complexity index is 826. The van der Waals surface area contributed by atoms with Crippen LogP contribution < -0.4 is 10.6 Å². The average molecular weight is 368 g/mol. The number of hydrogen-bond donors (Lipinski definition) is 2. The third-order valence-electron chi connectivity index (χ3n) is 3.59. The second-order valence-electron chi connectivity index (χ2n) is 7.12. The number of amides is 2. The zero-order valence-corrected chi connectivity index (χ0v) is 15.9. The van der Waals surface area contributed by atoms with Gasteiger partial charge in [0.1, 0.15) is 11.6 Å². The van der Waals surface area contributed by atoms with Crippen molar-refractivity contribution < 1.29 is 19.1 Å². The number of Topliss-reactive ketones (excluding diaryl/α,β-unsaturated/α-hetero) is 1. The van der Waals surface area contributed by atoms with E-state index in [-0.39, 0.29) is 5.78 Å². The molecule has 1 unspecified atom stereocenters. The van der Waals surface area contributed by atoms with Gasteiger partial charge in [-0.3, -0.25) is 9.59 Å². The van der Waals surface area contributed by atoms with E-state index in [1.165, 1.54) is 6.92 Å². The fourth-order valence-corrected chi connectivity index (χ4v) is 2.40. The lowest BCUT2D eigenvalue weighted by molar-refractivity contribution is -0.118. The molecule has 0 radical (unpaired) electrons. The predicted octanol–water partition coefficient (Wildman–Crippen LogP) is 4.09. The zero-order chi connectivity index (χ0) is 20.0. The lowest BCUT2D eigenvalue weighted by Crippen LogP contribution is -2.40. The molecule has 27 heavy (non-hydrogen) atoms. The fraction of sp³-hybridized carbons (Fsp3) is 0.286. The minimum atomic E-state index is -0.943. The Balaban J connectivity index is 2.22. The largest absolute Gasteiger partial charge is 0.444 e. The Morgan fingerprint density at radius 1 is 0.963 bits per heavy atom. The van der Waals surface area contributed by atoms with E-state index in [0.29, 0.717) is 16.8 Å². The Kier molecular flexibility index (Phi) is 6.34. The highest BCUT2D eigenvalue weighted by atomic mass is 16.6. The van der Waals surface area contributed by atoms with Gasteiger partial charge in [0.15, 0.2) is 5.78 Å². The maximum atomic E-state index is 12.8. The van der Waals surface area contributed by atoms with Crippen molar-refractivity contribution in [2.24, 2.45) is 0 Å². The summed E-state index contributed by atoms with van der Waals surface area (Å²) in [5.74, 6) is -0.537. The molecule has 0 saturated carbocycles. The number of carbonyl (C=O) groups is 3. The fourth-order valence-electron chi connectivity index (χ4n) is 2.40. The van der Waals surface area contributed by atoms with E-state index in [1.807, 2.05) is 6.07 Å². The zero-order valence-electron chi connectivity index (χ0n) is 15.9. The predicted molar refractivity (Wildman–Crippen MR) is 104 cm³/mol. The van der Waals surface area contributed by atoms with Crippen molar-refractivity contribution in [3.05, 3.63) is 65.7 Å². The molecule has 142 valence electrons. The smallest absolute Gasteiger partial charge is 0.408 e. The van der Waals surface area contributed by atoms with Crippen LogP contribution in [0.15, 0.2) is 54.6 Å². The van der Waals surface area contributed by atoms with E-state index < -0.39 is 23.6 Å². The molecule has 0 spiro atoms. The van der Waals surface area contributed by atoms with Gasteiger partial charge < -0.3 is 15.4 Å². The van der Waals surface area contributed by atoms with Crippen molar-refractivity contribution in [1.29, 1.82) is 0 Å². The number of ether oxygens (including phenoxy) is 1. The molecule has 2 rings (SSSR count). The van der Waals surface area contributed by atoms with Gasteiger partial charge in [0.05, 0.1) is 0 Å². The van der Waals surface area contributed by atoms with Gasteiger partial charge in [-0.25, -0.2) is 4.79 Å². The first-order valence-corrected chi connectivity index (χ1v) is 8.62. The third kappa shape index (κ3) is 6.26. The van der Waals surface area contributed by atoms with Crippen molar-refractivity contribution in [3.63, 3.8) is 0 Å². The van der Waals surface area contributed by atoms with E-state index in [1.54, 1.807) is 69.3 Å². The molecule has 2 amide bonds. The van der Waals surface area contributed by atoms with Crippen LogP contribution in [0, 0.1) is 0 Å². The molecule has 2 aromatic carbocycles. The van der Waals surface area contributed by atoms with Crippen LogP contribution in [0.25, 0.3) is 0 Å². The van der Waals surface area contributed by atoms with Crippen LogP contribution >= 0.6 is 0 Å². The Labute approximate surface area is 158 Å². The first-order chi connectivity index (χ1) is 12.7. The van der Waals surface area contributed by atoms with Crippen molar-refractivity contribution in [1.82, 2.24) is 5.32 Å². The van der Waals surface area contributed by atoms with Gasteiger partial charge in [-0.15, -0.1) is 0 Å². The molecule has 0 fully saturated rings. The summed E-state index contributed by atoms with van der Waals surface area (Å²) in [6, 6.07) is 14.6. The summed E-state index contributed by atoms with van der Waals surface area (Å²) in [6.45, 7) is 6.70. The van der Waals surface area contributed by atoms with Gasteiger partial charge in [-0.2, -0.15) is 0 Å². The standard InChI is InChI=1S/C21H24N2O4/c1-14(24)16-11-8-12-17(13-16)22-19(25)18(15-9-6-5-7-10-15)23-20(26)27-21(2,3)4/h5-13,18H,1-4H3,(H,22,25)(H,23,26). The summed E-state index contributed by atoms with van der Waals surface area (Å²) in [5.41, 5.74) is 0.893. The molecule has 6 heteroatoms. The Morgan fingerprint density at radius 3 is 2.22 bits per heavy atom. The molecule has 0 aliphatic heterocycles. The summed E-state index contributed by atoms with van der Waals surface area (Å²) in [6.07, 6.45) is -0.691. The monoisotopic (exact) mass is 368 g/mol. The number of anilines is 1. The Hall–Kier alpha value is -3.15. The van der Waals surface area contributed by atoms with Gasteiger partial charge in [-0.1, -0.05) is 42.5 Å². The van der Waals surface area contributed by atoms with E-state index >= 15 is 0 Å². The number of rotatable bonds is 5. The van der Waals surface area contributed by atoms with Crippen molar-refractivity contribution >= 4 is 23.5 Å². The molecule has 6 nitrogen and oxygen atoms in total. The Morgan fingerprint density at radius 2 is 1.63 bits per heavy atom. The highest BCUT2D eigenvalue weighted by Gasteiger charge is 2.26. The second-order valence-corrected chi connectivity index (χ2v) is 7.12. The van der Waals surface area contributed by atoms with Crippen LogP contribution in [-0.2, 0) is 9.53 Å². The van der Waals surface area contributed by atoms with Crippen LogP contribution in [0.3, 0.4) is 0 Å². The van der Waals surface area contributed by atoms with Crippen LogP contribution in [0.2, 0.25) is 0 Å². The SMILES string of the molecule is CC(=O)c1cccc(NC(=O)C(NC(=O)OC(C)(C)C)c2ccccc2)c1. The topological polar surface area (TPSA) is 84.5 Å². The van der Waals surface area contributed by atoms with E-state index in [4.69, 9.17) is 4.74 Å². The molecular weight excluding hydrogens is 344 g/mol. The molecule has 0 aromatic heterocycles. The van der Waals surface area contributed by atoms with Gasteiger partial charge in [0, 0.05) is 11.3 Å². The molecule has 2 aromatic rings. The lowest BCUT2D eigenvalue weighted by Gasteiger charge is -2.23. The quantitative estimate of drug-likeness (QED) is 0.779. The molecule has 2 N–H and O–H groups in total. The van der Waals surface area contributed by atoms with Gasteiger partial charge >= 0.3 is 6.09 Å². The number of alkyl carbamates (subject to hydrolysis) is 1. The summed E-state index contributed by atoms with van der Waals surface area (Å²) in [7, 11) is 0.